The first-order valence-electron chi connectivity index (χ1n) is 5.43. The highest BCUT2D eigenvalue weighted by molar-refractivity contribution is 4.77. The maximum absolute atomic E-state index is 11.9. The minimum atomic E-state index is -2.24. The molecule has 0 aromatic rings. The van der Waals surface area contributed by atoms with E-state index in [0.29, 0.717) is 24.9 Å². The lowest BCUT2D eigenvalue weighted by atomic mass is 9.79. The molecule has 0 saturated heterocycles. The van der Waals surface area contributed by atoms with Gasteiger partial charge in [0.15, 0.2) is 0 Å². The molecule has 0 aliphatic heterocycles. The minimum Gasteiger partial charge on any atom is -0.330 e. The highest BCUT2D eigenvalue weighted by atomic mass is 19.3. The Hall–Kier alpha value is -0.220. The summed E-state index contributed by atoms with van der Waals surface area (Å²) >= 11 is 0. The van der Waals surface area contributed by atoms with Crippen molar-refractivity contribution in [1.29, 1.82) is 0 Å². The maximum atomic E-state index is 11.9. The van der Waals surface area contributed by atoms with E-state index in [9.17, 15) is 8.78 Å². The molecule has 84 valence electrons. The molecule has 0 heterocycles. The molecule has 3 N–H and O–H groups in total. The van der Waals surface area contributed by atoms with Crippen molar-refractivity contribution in [3.8, 4) is 0 Å². The standard InChI is InChI=1S/C10H20F2N2/c11-10(12)7-14-6-9-4-2-1-3-8(9)5-13/h8-10,14H,1-7,13H2. The van der Waals surface area contributed by atoms with Crippen LogP contribution in [0.2, 0.25) is 0 Å². The normalized spacial score (nSPS) is 28.3. The van der Waals surface area contributed by atoms with Crippen LogP contribution in [0.3, 0.4) is 0 Å². The van der Waals surface area contributed by atoms with Crippen molar-refractivity contribution in [1.82, 2.24) is 5.32 Å². The summed E-state index contributed by atoms with van der Waals surface area (Å²) in [6.07, 6.45) is 2.52. The van der Waals surface area contributed by atoms with E-state index < -0.39 is 6.43 Å². The summed E-state index contributed by atoms with van der Waals surface area (Å²) in [6.45, 7) is 1.21. The minimum absolute atomic E-state index is 0.187. The van der Waals surface area contributed by atoms with E-state index in [-0.39, 0.29) is 6.54 Å². The third-order valence-corrected chi connectivity index (χ3v) is 3.07. The summed E-state index contributed by atoms with van der Waals surface area (Å²) in [5.74, 6) is 1.04. The van der Waals surface area contributed by atoms with Crippen LogP contribution in [0, 0.1) is 11.8 Å². The summed E-state index contributed by atoms with van der Waals surface area (Å²) in [7, 11) is 0. The van der Waals surface area contributed by atoms with Crippen LogP contribution in [0.1, 0.15) is 25.7 Å². The van der Waals surface area contributed by atoms with E-state index in [2.05, 4.69) is 5.32 Å². The zero-order valence-corrected chi connectivity index (χ0v) is 8.52. The molecule has 0 aromatic carbocycles. The fourth-order valence-electron chi connectivity index (χ4n) is 2.24. The van der Waals surface area contributed by atoms with Crippen molar-refractivity contribution in [3.05, 3.63) is 0 Å². The predicted molar refractivity (Wildman–Crippen MR) is 53.4 cm³/mol. The number of rotatable bonds is 5. The Balaban J connectivity index is 2.19. The van der Waals surface area contributed by atoms with Crippen LogP contribution in [0.4, 0.5) is 8.78 Å². The van der Waals surface area contributed by atoms with Gasteiger partial charge in [-0.3, -0.25) is 0 Å². The molecule has 2 nitrogen and oxygen atoms in total. The van der Waals surface area contributed by atoms with Gasteiger partial charge in [-0.2, -0.15) is 0 Å². The summed E-state index contributed by atoms with van der Waals surface area (Å²) in [5, 5.41) is 2.81. The van der Waals surface area contributed by atoms with E-state index in [0.717, 1.165) is 12.8 Å². The maximum Gasteiger partial charge on any atom is 0.250 e. The van der Waals surface area contributed by atoms with Gasteiger partial charge in [-0.05, 0) is 37.8 Å². The van der Waals surface area contributed by atoms with Crippen molar-refractivity contribution in [2.75, 3.05) is 19.6 Å². The zero-order chi connectivity index (χ0) is 10.4. The third kappa shape index (κ3) is 3.88. The number of hydrogen-bond donors (Lipinski definition) is 2. The largest absolute Gasteiger partial charge is 0.330 e. The topological polar surface area (TPSA) is 38.0 Å². The molecule has 0 spiro atoms. The molecule has 0 bridgehead atoms. The molecule has 1 rings (SSSR count). The number of hydrogen-bond acceptors (Lipinski definition) is 2. The molecule has 1 aliphatic carbocycles. The second-order valence-electron chi connectivity index (χ2n) is 4.09. The van der Waals surface area contributed by atoms with Crippen LogP contribution < -0.4 is 11.1 Å². The van der Waals surface area contributed by atoms with E-state index in [1.807, 2.05) is 0 Å². The SMILES string of the molecule is NCC1CCCCC1CNCC(F)F. The summed E-state index contributed by atoms with van der Waals surface area (Å²) in [4.78, 5) is 0. The van der Waals surface area contributed by atoms with E-state index in [1.54, 1.807) is 0 Å². The van der Waals surface area contributed by atoms with Crippen LogP contribution in [0.15, 0.2) is 0 Å². The van der Waals surface area contributed by atoms with Gasteiger partial charge in [-0.25, -0.2) is 8.78 Å². The van der Waals surface area contributed by atoms with Gasteiger partial charge >= 0.3 is 0 Å². The number of nitrogens with one attached hydrogen (secondary N) is 1. The highest BCUT2D eigenvalue weighted by Crippen LogP contribution is 2.28. The van der Waals surface area contributed by atoms with Crippen molar-refractivity contribution in [2.45, 2.75) is 32.1 Å². The van der Waals surface area contributed by atoms with Gasteiger partial charge < -0.3 is 11.1 Å². The van der Waals surface area contributed by atoms with Gasteiger partial charge in [-0.15, -0.1) is 0 Å². The average molecular weight is 206 g/mol. The Bertz CT molecular complexity index is 153. The second kappa shape index (κ2) is 6.30. The Kier molecular flexibility index (Phi) is 5.33. The summed E-state index contributed by atoms with van der Waals surface area (Å²) in [5.41, 5.74) is 5.65. The Morgan fingerprint density at radius 2 is 1.86 bits per heavy atom. The molecule has 0 amide bonds. The fourth-order valence-corrected chi connectivity index (χ4v) is 2.24. The van der Waals surface area contributed by atoms with Crippen molar-refractivity contribution >= 4 is 0 Å². The Morgan fingerprint density at radius 3 is 2.43 bits per heavy atom. The molecule has 14 heavy (non-hydrogen) atoms. The zero-order valence-electron chi connectivity index (χ0n) is 8.52. The van der Waals surface area contributed by atoms with Crippen LogP contribution in [-0.2, 0) is 0 Å². The third-order valence-electron chi connectivity index (χ3n) is 3.07. The fraction of sp³-hybridized carbons (Fsp3) is 1.00. The number of nitrogens with two attached hydrogens (primary N) is 1. The van der Waals surface area contributed by atoms with Crippen molar-refractivity contribution < 1.29 is 8.78 Å². The van der Waals surface area contributed by atoms with Gasteiger partial charge in [0.05, 0.1) is 6.54 Å². The average Bonchev–Trinajstić information content (AvgIpc) is 2.18. The van der Waals surface area contributed by atoms with Crippen LogP contribution in [-0.4, -0.2) is 26.1 Å². The molecule has 0 radical (unpaired) electrons. The molecule has 1 saturated carbocycles. The molecular weight excluding hydrogens is 186 g/mol. The van der Waals surface area contributed by atoms with Gasteiger partial charge in [0.2, 0.25) is 0 Å². The van der Waals surface area contributed by atoms with Crippen LogP contribution >= 0.6 is 0 Å². The van der Waals surface area contributed by atoms with Gasteiger partial charge in [0.25, 0.3) is 6.43 Å². The predicted octanol–water partition coefficient (Wildman–Crippen LogP) is 1.61. The van der Waals surface area contributed by atoms with Gasteiger partial charge in [0.1, 0.15) is 0 Å². The molecule has 2 atom stereocenters. The van der Waals surface area contributed by atoms with Crippen LogP contribution in [0.5, 0.6) is 0 Å². The smallest absolute Gasteiger partial charge is 0.250 e. The van der Waals surface area contributed by atoms with Gasteiger partial charge in [-0.1, -0.05) is 12.8 Å². The summed E-state index contributed by atoms with van der Waals surface area (Å²) < 4.78 is 23.8. The van der Waals surface area contributed by atoms with Crippen LogP contribution in [0.25, 0.3) is 0 Å². The van der Waals surface area contributed by atoms with Crippen molar-refractivity contribution in [2.24, 2.45) is 17.6 Å². The number of alkyl halides is 2. The Labute approximate surface area is 84.2 Å². The Morgan fingerprint density at radius 1 is 1.21 bits per heavy atom. The molecule has 2 unspecified atom stereocenters. The van der Waals surface area contributed by atoms with Gasteiger partial charge in [0, 0.05) is 0 Å². The molecule has 4 heteroatoms. The highest BCUT2D eigenvalue weighted by Gasteiger charge is 2.23. The number of halogens is 2. The lowest BCUT2D eigenvalue weighted by Gasteiger charge is -2.30. The van der Waals surface area contributed by atoms with E-state index >= 15 is 0 Å². The molecule has 1 fully saturated rings. The first kappa shape index (κ1) is 11.9. The first-order valence-corrected chi connectivity index (χ1v) is 5.43. The lowest BCUT2D eigenvalue weighted by molar-refractivity contribution is 0.138. The monoisotopic (exact) mass is 206 g/mol. The lowest BCUT2D eigenvalue weighted by Crippen LogP contribution is -2.35. The molecular formula is C10H20F2N2. The first-order chi connectivity index (χ1) is 6.74. The summed E-state index contributed by atoms with van der Waals surface area (Å²) in [6, 6.07) is 0. The van der Waals surface area contributed by atoms with Crippen molar-refractivity contribution in [3.63, 3.8) is 0 Å². The second-order valence-corrected chi connectivity index (χ2v) is 4.09. The quantitative estimate of drug-likeness (QED) is 0.717. The van der Waals surface area contributed by atoms with E-state index in [4.69, 9.17) is 5.73 Å². The molecule has 0 aromatic heterocycles. The molecule has 1 aliphatic rings. The van der Waals surface area contributed by atoms with E-state index in [1.165, 1.54) is 12.8 Å².